The van der Waals surface area contributed by atoms with Crippen LogP contribution in [-0.2, 0) is 11.2 Å². The highest BCUT2D eigenvalue weighted by Crippen LogP contribution is 2.22. The van der Waals surface area contributed by atoms with Gasteiger partial charge in [0.2, 0.25) is 5.69 Å². The van der Waals surface area contributed by atoms with Crippen LogP contribution in [-0.4, -0.2) is 37.3 Å². The van der Waals surface area contributed by atoms with Crippen molar-refractivity contribution in [3.05, 3.63) is 30.0 Å². The number of benzene rings is 1. The summed E-state index contributed by atoms with van der Waals surface area (Å²) < 4.78 is 16.5. The summed E-state index contributed by atoms with van der Waals surface area (Å²) in [6.45, 7) is 0. The molecule has 1 aromatic heterocycles. The predicted octanol–water partition coefficient (Wildman–Crippen LogP) is 1.03. The molecule has 0 spiro atoms. The van der Waals surface area contributed by atoms with Gasteiger partial charge in [-0.25, -0.2) is 9.89 Å². The van der Waals surface area contributed by atoms with Crippen LogP contribution in [0.5, 0.6) is 11.6 Å². The summed E-state index contributed by atoms with van der Waals surface area (Å²) in [6.07, 6.45) is 1.57. The SMILES string of the molecule is C[S+]([O-])c1ccc(Oc2[nH]nnc2C(=O)O)cc1. The Morgan fingerprint density at radius 3 is 2.67 bits per heavy atom. The molecule has 2 N–H and O–H groups in total. The van der Waals surface area contributed by atoms with Crippen LogP contribution < -0.4 is 4.74 Å². The van der Waals surface area contributed by atoms with E-state index in [0.29, 0.717) is 10.6 Å². The van der Waals surface area contributed by atoms with Crippen LogP contribution in [0.15, 0.2) is 29.2 Å². The Morgan fingerprint density at radius 2 is 2.11 bits per heavy atom. The maximum absolute atomic E-state index is 11.2. The van der Waals surface area contributed by atoms with E-state index in [1.54, 1.807) is 30.5 Å². The molecule has 2 rings (SSSR count). The van der Waals surface area contributed by atoms with Gasteiger partial charge < -0.3 is 14.4 Å². The molecule has 8 heteroatoms. The number of H-pyrrole nitrogens is 1. The van der Waals surface area contributed by atoms with Crippen molar-refractivity contribution in [3.8, 4) is 11.6 Å². The first kappa shape index (κ1) is 12.4. The molecule has 7 nitrogen and oxygen atoms in total. The van der Waals surface area contributed by atoms with Gasteiger partial charge in [0.05, 0.1) is 0 Å². The molecule has 0 fully saturated rings. The molecular weight excluding hydrogens is 258 g/mol. The van der Waals surface area contributed by atoms with Gasteiger partial charge in [-0.05, 0) is 35.4 Å². The standard InChI is InChI=1S/C10H9N3O4S/c1-18(16)7-4-2-6(3-5-7)17-9-8(10(14)15)11-13-12-9/h2-5H,1H3,(H,14,15)(H,11,12,13). The summed E-state index contributed by atoms with van der Waals surface area (Å²) in [5, 5.41) is 17.9. The number of ether oxygens (including phenoxy) is 1. The van der Waals surface area contributed by atoms with E-state index >= 15 is 0 Å². The molecule has 1 aromatic carbocycles. The van der Waals surface area contributed by atoms with Gasteiger partial charge in [0.15, 0.2) is 4.90 Å². The van der Waals surface area contributed by atoms with Crippen LogP contribution in [0.4, 0.5) is 0 Å². The van der Waals surface area contributed by atoms with Gasteiger partial charge in [-0.1, -0.05) is 5.21 Å². The first-order valence-corrected chi connectivity index (χ1v) is 6.39. The molecule has 0 aliphatic rings. The zero-order valence-corrected chi connectivity index (χ0v) is 10.1. The maximum atomic E-state index is 11.2. The minimum Gasteiger partial charge on any atom is -0.612 e. The van der Waals surface area contributed by atoms with Gasteiger partial charge in [0.1, 0.15) is 12.0 Å². The molecule has 94 valence electrons. The number of nitrogens with one attached hydrogen (secondary N) is 1. The molecule has 2 aromatic rings. The van der Waals surface area contributed by atoms with Crippen LogP contribution in [0.3, 0.4) is 0 Å². The predicted molar refractivity (Wildman–Crippen MR) is 62.2 cm³/mol. The molecular formula is C10H9N3O4S. The summed E-state index contributed by atoms with van der Waals surface area (Å²) in [6, 6.07) is 6.44. The van der Waals surface area contributed by atoms with Crippen LogP contribution in [0, 0.1) is 0 Å². The Labute approximate surface area is 105 Å². The van der Waals surface area contributed by atoms with E-state index in [2.05, 4.69) is 15.4 Å². The second-order valence-electron chi connectivity index (χ2n) is 3.32. The fourth-order valence-electron chi connectivity index (χ4n) is 1.25. The minimum absolute atomic E-state index is 0.0483. The van der Waals surface area contributed by atoms with Gasteiger partial charge >= 0.3 is 5.97 Å². The van der Waals surface area contributed by atoms with E-state index < -0.39 is 17.1 Å². The van der Waals surface area contributed by atoms with E-state index in [-0.39, 0.29) is 11.6 Å². The zero-order chi connectivity index (χ0) is 13.1. The minimum atomic E-state index is -1.23. The molecule has 1 unspecified atom stereocenters. The van der Waals surface area contributed by atoms with Crippen molar-refractivity contribution in [1.82, 2.24) is 15.4 Å². The van der Waals surface area contributed by atoms with Crippen molar-refractivity contribution in [2.24, 2.45) is 0 Å². The van der Waals surface area contributed by atoms with Crippen LogP contribution in [0.2, 0.25) is 0 Å². The lowest BCUT2D eigenvalue weighted by Gasteiger charge is -2.06. The summed E-state index contributed by atoms with van der Waals surface area (Å²) in [5.74, 6) is -0.879. The monoisotopic (exact) mass is 267 g/mol. The average Bonchev–Trinajstić information content (AvgIpc) is 2.78. The maximum Gasteiger partial charge on any atom is 0.362 e. The highest BCUT2D eigenvalue weighted by molar-refractivity contribution is 7.90. The van der Waals surface area contributed by atoms with Gasteiger partial charge in [-0.2, -0.15) is 0 Å². The Morgan fingerprint density at radius 1 is 1.44 bits per heavy atom. The Kier molecular flexibility index (Phi) is 3.49. The van der Waals surface area contributed by atoms with Crippen LogP contribution >= 0.6 is 0 Å². The lowest BCUT2D eigenvalue weighted by Crippen LogP contribution is -2.00. The average molecular weight is 267 g/mol. The van der Waals surface area contributed by atoms with Crippen molar-refractivity contribution in [2.45, 2.75) is 4.90 Å². The second-order valence-corrected chi connectivity index (χ2v) is 4.70. The Hall–Kier alpha value is -2.06. The van der Waals surface area contributed by atoms with E-state index in [9.17, 15) is 9.35 Å². The van der Waals surface area contributed by atoms with E-state index in [4.69, 9.17) is 9.84 Å². The lowest BCUT2D eigenvalue weighted by atomic mass is 10.3. The summed E-state index contributed by atoms with van der Waals surface area (Å²) in [5.41, 5.74) is -0.293. The highest BCUT2D eigenvalue weighted by Gasteiger charge is 2.16. The Balaban J connectivity index is 2.18. The van der Waals surface area contributed by atoms with Crippen molar-refractivity contribution in [3.63, 3.8) is 0 Å². The van der Waals surface area contributed by atoms with Crippen molar-refractivity contribution in [2.75, 3.05) is 6.26 Å². The van der Waals surface area contributed by atoms with Crippen LogP contribution in [0.1, 0.15) is 10.5 Å². The number of aromatic carboxylic acids is 1. The summed E-state index contributed by atoms with van der Waals surface area (Å²) in [7, 11) is 0. The number of nitrogens with zero attached hydrogens (tertiary/aromatic N) is 2. The first-order chi connectivity index (χ1) is 8.58. The normalized spacial score (nSPS) is 12.1. The number of carboxylic acid groups (broad SMARTS) is 1. The number of carbonyl (C=O) groups is 1. The number of carboxylic acids is 1. The summed E-state index contributed by atoms with van der Waals surface area (Å²) >= 11 is -1.07. The topological polar surface area (TPSA) is 111 Å². The largest absolute Gasteiger partial charge is 0.612 e. The quantitative estimate of drug-likeness (QED) is 0.800. The van der Waals surface area contributed by atoms with Gasteiger partial charge in [-0.15, -0.1) is 5.10 Å². The molecule has 0 saturated carbocycles. The molecule has 0 aliphatic carbocycles. The van der Waals surface area contributed by atoms with Gasteiger partial charge in [0, 0.05) is 0 Å². The van der Waals surface area contributed by atoms with Gasteiger partial charge in [0.25, 0.3) is 5.88 Å². The molecule has 0 bridgehead atoms. The second kappa shape index (κ2) is 5.07. The number of aromatic nitrogens is 3. The molecule has 0 radical (unpaired) electrons. The lowest BCUT2D eigenvalue weighted by molar-refractivity contribution is 0.0687. The van der Waals surface area contributed by atoms with E-state index in [0.717, 1.165) is 0 Å². The van der Waals surface area contributed by atoms with Crippen molar-refractivity contribution < 1.29 is 19.2 Å². The third kappa shape index (κ3) is 2.60. The molecule has 0 aliphatic heterocycles. The molecule has 1 heterocycles. The molecule has 0 saturated heterocycles. The number of aromatic amines is 1. The van der Waals surface area contributed by atoms with E-state index in [1.807, 2.05) is 0 Å². The molecule has 1 atom stereocenters. The van der Waals surface area contributed by atoms with Crippen LogP contribution in [0.25, 0.3) is 0 Å². The fraction of sp³-hybridized carbons (Fsp3) is 0.100. The third-order valence-electron chi connectivity index (χ3n) is 2.09. The number of hydrogen-bond donors (Lipinski definition) is 2. The first-order valence-electron chi connectivity index (χ1n) is 4.83. The van der Waals surface area contributed by atoms with E-state index in [1.165, 1.54) is 0 Å². The number of rotatable bonds is 4. The smallest absolute Gasteiger partial charge is 0.362 e. The molecule has 0 amide bonds. The number of hydrogen-bond acceptors (Lipinski definition) is 5. The summed E-state index contributed by atoms with van der Waals surface area (Å²) in [4.78, 5) is 11.4. The molecule has 18 heavy (non-hydrogen) atoms. The van der Waals surface area contributed by atoms with Crippen molar-refractivity contribution >= 4 is 17.1 Å². The van der Waals surface area contributed by atoms with Gasteiger partial charge in [-0.3, -0.25) is 0 Å². The fourth-order valence-corrected chi connectivity index (χ4v) is 1.77. The Bertz CT molecular complexity index is 553. The third-order valence-corrected chi connectivity index (χ3v) is 3.03. The highest BCUT2D eigenvalue weighted by atomic mass is 32.2. The zero-order valence-electron chi connectivity index (χ0n) is 9.28. The van der Waals surface area contributed by atoms with Crippen molar-refractivity contribution in [1.29, 1.82) is 0 Å².